The van der Waals surface area contributed by atoms with Crippen molar-refractivity contribution in [3.63, 3.8) is 0 Å². The molecule has 0 N–H and O–H groups in total. The van der Waals surface area contributed by atoms with E-state index in [1.165, 1.54) is 0 Å². The van der Waals surface area contributed by atoms with Gasteiger partial charge in [0, 0.05) is 22.5 Å². The maximum Gasteiger partial charge on any atom is 0.346 e. The lowest BCUT2D eigenvalue weighted by Gasteiger charge is -2.50. The monoisotopic (exact) mass is 675 g/mol. The summed E-state index contributed by atoms with van der Waals surface area (Å²) in [5.41, 5.74) is 0.693. The Bertz CT molecular complexity index is 1490. The minimum absolute atomic E-state index is 0.00466. The van der Waals surface area contributed by atoms with Gasteiger partial charge < -0.3 is 23.8 Å². The van der Waals surface area contributed by atoms with Crippen molar-refractivity contribution < 1.29 is 42.9 Å². The Labute approximate surface area is 275 Å². The summed E-state index contributed by atoms with van der Waals surface area (Å²) in [6, 6.07) is 7.30. The van der Waals surface area contributed by atoms with Crippen LogP contribution in [0.4, 0.5) is 5.69 Å². The highest BCUT2D eigenvalue weighted by Gasteiger charge is 2.61. The van der Waals surface area contributed by atoms with Crippen LogP contribution in [-0.2, 0) is 42.9 Å². The summed E-state index contributed by atoms with van der Waals surface area (Å²) < 4.78 is 20.1. The van der Waals surface area contributed by atoms with Crippen molar-refractivity contribution in [1.29, 1.82) is 0 Å². The molecule has 0 bridgehead atoms. The van der Waals surface area contributed by atoms with Crippen molar-refractivity contribution in [3.05, 3.63) is 55.0 Å². The quantitative estimate of drug-likeness (QED) is 0.214. The highest BCUT2D eigenvalue weighted by atomic mass is 32.2. The molecule has 0 fully saturated rings. The Kier molecular flexibility index (Phi) is 10.9. The van der Waals surface area contributed by atoms with Gasteiger partial charge in [0.15, 0.2) is 0 Å². The highest BCUT2D eigenvalue weighted by Crippen LogP contribution is 2.71. The molecule has 0 saturated carbocycles. The number of fused-ring (bicyclic) bond motifs is 3. The average Bonchev–Trinajstić information content (AvgIpc) is 3.38. The van der Waals surface area contributed by atoms with Crippen LogP contribution in [0.3, 0.4) is 0 Å². The first-order valence-electron chi connectivity index (χ1n) is 14.9. The third kappa shape index (κ3) is 6.06. The van der Waals surface area contributed by atoms with E-state index < -0.39 is 33.5 Å². The number of benzene rings is 1. The van der Waals surface area contributed by atoms with Gasteiger partial charge in [0.25, 0.3) is 0 Å². The van der Waals surface area contributed by atoms with Crippen LogP contribution in [0.1, 0.15) is 66.9 Å². The number of esters is 4. The second kappa shape index (κ2) is 14.1. The van der Waals surface area contributed by atoms with Crippen molar-refractivity contribution in [2.45, 2.75) is 70.9 Å². The zero-order valence-electron chi connectivity index (χ0n) is 26.4. The number of rotatable bonds is 10. The van der Waals surface area contributed by atoms with E-state index >= 15 is 0 Å². The Hall–Kier alpha value is -3.16. The standard InChI is InChI=1S/C32H37NO9S3/c1-8-15-20(34)33-19-17-14-13-16-18(19)21-26(31(33,6)7)43-23(28(36)40-10-3)22(27(35)39-9-2)32(21)44-24(29(37)41-11-4)25(45-32)30(38)42-12-5/h13-14,16-17H,8-12,15H2,1-7H3. The zero-order chi connectivity index (χ0) is 33.1. The molecule has 1 aromatic carbocycles. The minimum atomic E-state index is -1.59. The number of hydrogen-bond acceptors (Lipinski definition) is 12. The molecule has 0 saturated heterocycles. The first kappa shape index (κ1) is 34.7. The molecular formula is C32H37NO9S3. The Balaban J connectivity index is 2.14. The maximum atomic E-state index is 14.0. The molecule has 3 aliphatic heterocycles. The van der Waals surface area contributed by atoms with Gasteiger partial charge >= 0.3 is 23.9 Å². The molecule has 3 heterocycles. The summed E-state index contributed by atoms with van der Waals surface area (Å²) in [7, 11) is 0. The molecule has 0 unspecified atom stereocenters. The van der Waals surface area contributed by atoms with Gasteiger partial charge in [0.05, 0.1) is 43.2 Å². The van der Waals surface area contributed by atoms with Crippen molar-refractivity contribution in [2.75, 3.05) is 31.3 Å². The summed E-state index contributed by atoms with van der Waals surface area (Å²) in [6.45, 7) is 12.4. The van der Waals surface area contributed by atoms with E-state index in [4.69, 9.17) is 18.9 Å². The lowest BCUT2D eigenvalue weighted by atomic mass is 9.83. The summed E-state index contributed by atoms with van der Waals surface area (Å²) in [5.74, 6) is -3.20. The molecule has 1 spiro atoms. The largest absolute Gasteiger partial charge is 0.463 e. The lowest BCUT2D eigenvalue weighted by Crippen LogP contribution is -2.53. The number of ether oxygens (including phenoxy) is 4. The number of carbonyl (C=O) groups is 5. The number of anilines is 1. The molecule has 45 heavy (non-hydrogen) atoms. The van der Waals surface area contributed by atoms with Gasteiger partial charge in [0.2, 0.25) is 5.91 Å². The molecule has 0 atom stereocenters. The molecule has 242 valence electrons. The van der Waals surface area contributed by atoms with Crippen LogP contribution >= 0.6 is 35.3 Å². The van der Waals surface area contributed by atoms with E-state index in [1.807, 2.05) is 45.0 Å². The fourth-order valence-electron chi connectivity index (χ4n) is 5.45. The van der Waals surface area contributed by atoms with Crippen LogP contribution in [0.15, 0.2) is 49.5 Å². The Morgan fingerprint density at radius 2 is 1.20 bits per heavy atom. The minimum Gasteiger partial charge on any atom is -0.463 e. The van der Waals surface area contributed by atoms with Crippen LogP contribution in [0, 0.1) is 0 Å². The third-order valence-electron chi connectivity index (χ3n) is 7.12. The van der Waals surface area contributed by atoms with Crippen molar-refractivity contribution in [3.8, 4) is 0 Å². The summed E-state index contributed by atoms with van der Waals surface area (Å²) in [6.07, 6.45) is 0.912. The molecule has 0 aliphatic carbocycles. The number of hydrogen-bond donors (Lipinski definition) is 0. The molecule has 1 aromatic rings. The average molecular weight is 676 g/mol. The molecule has 13 heteroatoms. The number of amides is 1. The van der Waals surface area contributed by atoms with Gasteiger partial charge in [-0.2, -0.15) is 0 Å². The van der Waals surface area contributed by atoms with Gasteiger partial charge in [-0.05, 0) is 54.0 Å². The van der Waals surface area contributed by atoms with Crippen LogP contribution in [0.25, 0.3) is 5.57 Å². The third-order valence-corrected chi connectivity index (χ3v) is 11.8. The molecular weight excluding hydrogens is 639 g/mol. The fourth-order valence-corrected chi connectivity index (χ4v) is 10.4. The highest BCUT2D eigenvalue weighted by molar-refractivity contribution is 8.26. The predicted molar refractivity (Wildman–Crippen MR) is 176 cm³/mol. The van der Waals surface area contributed by atoms with E-state index in [-0.39, 0.29) is 59.0 Å². The number of nitrogens with zero attached hydrogens (tertiary/aromatic N) is 1. The van der Waals surface area contributed by atoms with Gasteiger partial charge in [-0.3, -0.25) is 4.79 Å². The van der Waals surface area contributed by atoms with Crippen molar-refractivity contribution >= 4 is 76.3 Å². The predicted octanol–water partition coefficient (Wildman–Crippen LogP) is 5.96. The SMILES string of the molecule is CCCC(=O)N1c2ccccc2C2=C(SC(C(=O)OCC)=C(C(=O)OCC)C23SC(C(=O)OCC)=C(C(=O)OCC)S3)C1(C)C. The van der Waals surface area contributed by atoms with Crippen molar-refractivity contribution in [1.82, 2.24) is 0 Å². The van der Waals surface area contributed by atoms with Gasteiger partial charge in [-0.25, -0.2) is 19.2 Å². The number of thioether (sulfide) groups is 3. The molecule has 3 aliphatic rings. The summed E-state index contributed by atoms with van der Waals surface area (Å²) >= 11 is 2.93. The molecule has 4 rings (SSSR count). The first-order valence-corrected chi connectivity index (χ1v) is 17.3. The number of para-hydroxylation sites is 1. The number of carbonyl (C=O) groups excluding carboxylic acids is 5. The van der Waals surface area contributed by atoms with Crippen molar-refractivity contribution in [2.24, 2.45) is 0 Å². The summed E-state index contributed by atoms with van der Waals surface area (Å²) in [5, 5.41) is 0. The van der Waals surface area contributed by atoms with Crippen LogP contribution in [0.2, 0.25) is 0 Å². The molecule has 0 radical (unpaired) electrons. The second-order valence-electron chi connectivity index (χ2n) is 10.4. The van der Waals surface area contributed by atoms with E-state index in [1.54, 1.807) is 32.6 Å². The normalized spacial score (nSPS) is 18.0. The lowest BCUT2D eigenvalue weighted by molar-refractivity contribution is -0.141. The van der Waals surface area contributed by atoms with E-state index in [9.17, 15) is 24.0 Å². The van der Waals surface area contributed by atoms with Gasteiger partial charge in [-0.15, -0.1) is 0 Å². The van der Waals surface area contributed by atoms with Gasteiger partial charge in [0.1, 0.15) is 18.8 Å². The Morgan fingerprint density at radius 3 is 1.71 bits per heavy atom. The molecule has 10 nitrogen and oxygen atoms in total. The van der Waals surface area contributed by atoms with E-state index in [2.05, 4.69) is 0 Å². The maximum absolute atomic E-state index is 14.0. The molecule has 0 aromatic heterocycles. The Morgan fingerprint density at radius 1 is 0.711 bits per heavy atom. The van der Waals surface area contributed by atoms with Gasteiger partial charge in [-0.1, -0.05) is 60.4 Å². The van der Waals surface area contributed by atoms with E-state index in [0.29, 0.717) is 28.1 Å². The topological polar surface area (TPSA) is 126 Å². The zero-order valence-corrected chi connectivity index (χ0v) is 28.8. The van der Waals surface area contributed by atoms with Crippen LogP contribution in [0.5, 0.6) is 0 Å². The van der Waals surface area contributed by atoms with E-state index in [0.717, 1.165) is 35.3 Å². The van der Waals surface area contributed by atoms with Crippen LogP contribution < -0.4 is 4.90 Å². The second-order valence-corrected chi connectivity index (χ2v) is 14.2. The fraction of sp³-hybridized carbons (Fsp3) is 0.469. The molecule has 1 amide bonds. The summed E-state index contributed by atoms with van der Waals surface area (Å²) in [4.78, 5) is 70.5. The smallest absolute Gasteiger partial charge is 0.346 e. The van der Waals surface area contributed by atoms with Crippen LogP contribution in [-0.4, -0.2) is 65.8 Å². The first-order chi connectivity index (χ1) is 21.4.